The molecule has 0 heterocycles. The van der Waals surface area contributed by atoms with Gasteiger partial charge in [0.1, 0.15) is 11.5 Å². The molecule has 0 saturated heterocycles. The van der Waals surface area contributed by atoms with Crippen molar-refractivity contribution in [2.45, 2.75) is 20.0 Å². The minimum Gasteiger partial charge on any atom is -1.00 e. The van der Waals surface area contributed by atoms with Crippen LogP contribution in [0, 0.1) is 0 Å². The minimum atomic E-state index is -0.0602. The Morgan fingerprint density at radius 1 is 1.22 bits per heavy atom. The Labute approximate surface area is 157 Å². The summed E-state index contributed by atoms with van der Waals surface area (Å²) in [6.07, 6.45) is 0.0829. The zero-order valence-corrected chi connectivity index (χ0v) is 15.5. The van der Waals surface area contributed by atoms with Gasteiger partial charge in [0.25, 0.3) is 0 Å². The molecule has 0 spiro atoms. The summed E-state index contributed by atoms with van der Waals surface area (Å²) in [5, 5.41) is 1.34. The van der Waals surface area contributed by atoms with Crippen LogP contribution in [0.3, 0.4) is 0 Å². The largest absolute Gasteiger partial charge is 1.00 e. The van der Waals surface area contributed by atoms with Gasteiger partial charge in [-0.05, 0) is 58.1 Å². The average molecular weight is 345 g/mol. The van der Waals surface area contributed by atoms with Crippen molar-refractivity contribution in [3.8, 4) is 11.5 Å². The van der Waals surface area contributed by atoms with Crippen LogP contribution >= 0.6 is 20.2 Å². The van der Waals surface area contributed by atoms with Crippen molar-refractivity contribution in [2.75, 3.05) is 7.11 Å². The third-order valence-corrected chi connectivity index (χ3v) is 4.59. The van der Waals surface area contributed by atoms with E-state index in [0.717, 1.165) is 5.30 Å². The molecule has 0 aliphatic heterocycles. The van der Waals surface area contributed by atoms with E-state index >= 15 is 0 Å². The molecule has 0 bridgehead atoms. The van der Waals surface area contributed by atoms with Crippen molar-refractivity contribution in [3.05, 3.63) is 53.1 Å². The molecule has 0 N–H and O–H groups in total. The molecule has 0 aliphatic rings. The minimum absolute atomic E-state index is 0. The molecule has 6 heteroatoms. The molecule has 0 fully saturated rings. The van der Waals surface area contributed by atoms with E-state index in [1.54, 1.807) is 25.3 Å². The van der Waals surface area contributed by atoms with Gasteiger partial charge in [-0.3, -0.25) is 4.79 Å². The van der Waals surface area contributed by atoms with Gasteiger partial charge >= 0.3 is 18.9 Å². The topological polar surface area (TPSA) is 35.5 Å². The maximum atomic E-state index is 12.5. The molecule has 2 rings (SSSR count). The number of carbonyl (C=O) groups excluding carboxylic acids is 1. The fraction of sp³-hybridized carbons (Fsp3) is 0.235. The Kier molecular flexibility index (Phi) is 8.16. The van der Waals surface area contributed by atoms with Crippen LogP contribution in [0.2, 0.25) is 5.02 Å². The molecule has 0 saturated carbocycles. The van der Waals surface area contributed by atoms with Crippen molar-refractivity contribution in [1.29, 1.82) is 0 Å². The van der Waals surface area contributed by atoms with E-state index < -0.39 is 0 Å². The number of hydrogen-bond donors (Lipinski definition) is 0. The Morgan fingerprint density at radius 3 is 2.52 bits per heavy atom. The van der Waals surface area contributed by atoms with E-state index in [1.807, 2.05) is 38.1 Å². The second-order valence-corrected chi connectivity index (χ2v) is 6.61. The molecule has 1 unspecified atom stereocenters. The van der Waals surface area contributed by atoms with Crippen LogP contribution in [0.4, 0.5) is 0 Å². The van der Waals surface area contributed by atoms with Crippen molar-refractivity contribution in [3.63, 3.8) is 0 Å². The van der Waals surface area contributed by atoms with Gasteiger partial charge in [0.05, 0.1) is 23.8 Å². The molecule has 2 aromatic rings. The fourth-order valence-electron chi connectivity index (χ4n) is 1.96. The Balaban J connectivity index is 0.00000264. The normalized spacial score (nSPS) is 10.7. The Hall–Kier alpha value is -0.973. The second-order valence-electron chi connectivity index (χ2n) is 4.96. The summed E-state index contributed by atoms with van der Waals surface area (Å²) in [5.74, 6) is 1.29. The van der Waals surface area contributed by atoms with Crippen LogP contribution in [0.15, 0.2) is 42.5 Å². The van der Waals surface area contributed by atoms with E-state index in [4.69, 9.17) is 21.1 Å². The number of hydrogen-bond acceptors (Lipinski definition) is 3. The second kappa shape index (κ2) is 9.35. The van der Waals surface area contributed by atoms with Crippen LogP contribution in [-0.4, -0.2) is 18.7 Å². The van der Waals surface area contributed by atoms with Crippen molar-refractivity contribution < 1.29 is 34.6 Å². The first kappa shape index (κ1) is 20.1. The number of para-hydroxylation sites is 1. The molecule has 3 nitrogen and oxygen atoms in total. The molecule has 2 aromatic carbocycles. The van der Waals surface area contributed by atoms with Crippen LogP contribution in [0.1, 0.15) is 25.6 Å². The third-order valence-electron chi connectivity index (χ3n) is 2.91. The van der Waals surface area contributed by atoms with Crippen LogP contribution in [0.5, 0.6) is 11.5 Å². The van der Waals surface area contributed by atoms with Gasteiger partial charge in [-0.15, -0.1) is 0 Å². The number of benzene rings is 2. The Morgan fingerprint density at radius 2 is 1.91 bits per heavy atom. The van der Waals surface area contributed by atoms with Crippen LogP contribution in [-0.2, 0) is 0 Å². The first-order valence-corrected chi connectivity index (χ1v) is 8.29. The molecule has 0 aliphatic carbocycles. The van der Waals surface area contributed by atoms with Crippen molar-refractivity contribution in [2.24, 2.45) is 0 Å². The summed E-state index contributed by atoms with van der Waals surface area (Å²) >= 11 is 6.26. The molecule has 1 atom stereocenters. The van der Waals surface area contributed by atoms with Gasteiger partial charge in [0, 0.05) is 0 Å². The summed E-state index contributed by atoms with van der Waals surface area (Å²) < 4.78 is 10.8. The molecule has 0 radical (unpaired) electrons. The van der Waals surface area contributed by atoms with Gasteiger partial charge in [0.15, 0.2) is 5.52 Å². The molecule has 23 heavy (non-hydrogen) atoms. The molecule has 0 amide bonds. The molecular formula is C17H19ClLiO3P. The van der Waals surface area contributed by atoms with Crippen molar-refractivity contribution in [1.82, 2.24) is 0 Å². The van der Waals surface area contributed by atoms with Crippen molar-refractivity contribution >= 4 is 31.0 Å². The van der Waals surface area contributed by atoms with Gasteiger partial charge in [0.2, 0.25) is 0 Å². The van der Waals surface area contributed by atoms with Gasteiger partial charge in [-0.25, -0.2) is 0 Å². The predicted molar refractivity (Wildman–Crippen MR) is 93.6 cm³/mol. The summed E-state index contributed by atoms with van der Waals surface area (Å²) in [5.41, 5.74) is 0.568. The Bertz CT molecular complexity index is 683. The van der Waals surface area contributed by atoms with Crippen LogP contribution in [0.25, 0.3) is 0 Å². The summed E-state index contributed by atoms with van der Waals surface area (Å²) in [6.45, 7) is 3.91. The maximum Gasteiger partial charge on any atom is 1.00 e. The van der Waals surface area contributed by atoms with Gasteiger partial charge in [-0.1, -0.05) is 23.7 Å². The first-order chi connectivity index (χ1) is 10.5. The monoisotopic (exact) mass is 344 g/mol. The van der Waals surface area contributed by atoms with Gasteiger partial charge in [-0.2, -0.15) is 0 Å². The number of methoxy groups -OCH3 is 1. The number of rotatable bonds is 6. The summed E-state index contributed by atoms with van der Waals surface area (Å²) in [6, 6.07) is 12.6. The number of halogens is 1. The van der Waals surface area contributed by atoms with Crippen LogP contribution < -0.4 is 33.6 Å². The third kappa shape index (κ3) is 5.55. The van der Waals surface area contributed by atoms with E-state index in [1.165, 1.54) is 0 Å². The van der Waals surface area contributed by atoms with Gasteiger partial charge < -0.3 is 10.9 Å². The fourth-order valence-corrected chi connectivity index (χ4v) is 3.22. The molecule has 0 aromatic heterocycles. The predicted octanol–water partition coefficient (Wildman–Crippen LogP) is 1.40. The standard InChI is InChI=1S/C17H18ClO3P.Li.H/c1-11(2)21-12-8-9-16(14(18)10-12)22-17(19)13-6-4-5-7-15(13)20-3;;/h4-11,22H,1-3H3;;/q;+1;-1. The summed E-state index contributed by atoms with van der Waals surface area (Å²) in [7, 11) is 1.50. The number of ether oxygens (including phenoxy) is 2. The first-order valence-electron chi connectivity index (χ1n) is 6.92. The van der Waals surface area contributed by atoms with E-state index in [9.17, 15) is 4.79 Å². The zero-order valence-electron chi connectivity index (χ0n) is 14.7. The van der Waals surface area contributed by atoms with E-state index in [-0.39, 0.29) is 40.5 Å². The SMILES string of the molecule is COc1ccccc1C(=O)Pc1ccc(OC(C)C)cc1Cl.[H-].[Li+]. The molecular weight excluding hydrogens is 326 g/mol. The zero-order chi connectivity index (χ0) is 16.1. The number of carbonyl (C=O) groups is 1. The maximum absolute atomic E-state index is 12.5. The smallest absolute Gasteiger partial charge is 1.00 e. The van der Waals surface area contributed by atoms with E-state index in [0.29, 0.717) is 22.1 Å². The van der Waals surface area contributed by atoms with E-state index in [2.05, 4.69) is 0 Å². The quantitative estimate of drug-likeness (QED) is 0.587. The molecule has 118 valence electrons. The average Bonchev–Trinajstić information content (AvgIpc) is 2.49. The summed E-state index contributed by atoms with van der Waals surface area (Å²) in [4.78, 5) is 12.5.